The minimum Gasteiger partial charge on any atom is -0.465 e. The van der Waals surface area contributed by atoms with Gasteiger partial charge < -0.3 is 14.6 Å². The maximum absolute atomic E-state index is 11.5. The molecule has 0 unspecified atom stereocenters. The number of nitrogens with zero attached hydrogens (tertiary/aromatic N) is 1. The predicted octanol–water partition coefficient (Wildman–Crippen LogP) is 2.53. The first-order valence-electron chi connectivity index (χ1n) is 6.98. The average Bonchev–Trinajstić information content (AvgIpc) is 2.94. The second kappa shape index (κ2) is 9.39. The summed E-state index contributed by atoms with van der Waals surface area (Å²) in [6, 6.07) is 3.61. The Bertz CT molecular complexity index is 368. The number of carbonyl (C=O) groups is 1. The summed E-state index contributed by atoms with van der Waals surface area (Å²) in [5, 5.41) is 2.87. The summed E-state index contributed by atoms with van der Waals surface area (Å²) in [6.07, 6.45) is 6.89. The van der Waals surface area contributed by atoms with Crippen LogP contribution in [0.4, 0.5) is 0 Å². The van der Waals surface area contributed by atoms with Gasteiger partial charge in [0.05, 0.1) is 6.26 Å². The molecular weight excluding hydrogens is 240 g/mol. The molecule has 106 valence electrons. The lowest BCUT2D eigenvalue weighted by atomic mass is 10.3. The van der Waals surface area contributed by atoms with Crippen LogP contribution in [0.5, 0.6) is 0 Å². The first-order valence-corrected chi connectivity index (χ1v) is 6.98. The summed E-state index contributed by atoms with van der Waals surface area (Å²) < 4.78 is 5.11. The predicted molar refractivity (Wildman–Crippen MR) is 77.8 cm³/mol. The van der Waals surface area contributed by atoms with Crippen LogP contribution >= 0.6 is 0 Å². The molecule has 0 aromatic carbocycles. The first kappa shape index (κ1) is 15.5. The molecule has 0 fully saturated rings. The van der Waals surface area contributed by atoms with Crippen LogP contribution in [0.1, 0.15) is 32.4 Å². The molecule has 0 saturated carbocycles. The van der Waals surface area contributed by atoms with Crippen LogP contribution in [0.15, 0.2) is 28.9 Å². The quantitative estimate of drug-likeness (QED) is 0.550. The highest BCUT2D eigenvalue weighted by Crippen LogP contribution is 2.01. The van der Waals surface area contributed by atoms with E-state index in [1.165, 1.54) is 6.08 Å². The lowest BCUT2D eigenvalue weighted by Crippen LogP contribution is -2.26. The third-order valence-electron chi connectivity index (χ3n) is 3.04. The minimum atomic E-state index is -0.0701. The van der Waals surface area contributed by atoms with Crippen LogP contribution in [0.25, 0.3) is 6.08 Å². The zero-order chi connectivity index (χ0) is 13.9. The lowest BCUT2D eigenvalue weighted by Gasteiger charge is -2.17. The number of furan rings is 1. The van der Waals surface area contributed by atoms with Crippen LogP contribution in [0, 0.1) is 0 Å². The normalized spacial score (nSPS) is 11.3. The van der Waals surface area contributed by atoms with E-state index < -0.39 is 0 Å². The summed E-state index contributed by atoms with van der Waals surface area (Å²) >= 11 is 0. The molecule has 0 aliphatic carbocycles. The molecule has 0 aliphatic heterocycles. The third-order valence-corrected chi connectivity index (χ3v) is 3.04. The number of hydrogen-bond donors (Lipinski definition) is 1. The van der Waals surface area contributed by atoms with E-state index in [0.717, 1.165) is 39.0 Å². The SMILES string of the molecule is CCN(CC)CCCCNC(=O)/C=C/c1ccco1. The van der Waals surface area contributed by atoms with Gasteiger partial charge in [-0.3, -0.25) is 4.79 Å². The van der Waals surface area contributed by atoms with E-state index in [2.05, 4.69) is 24.1 Å². The Morgan fingerprint density at radius 2 is 2.16 bits per heavy atom. The van der Waals surface area contributed by atoms with E-state index in [1.807, 2.05) is 6.07 Å². The van der Waals surface area contributed by atoms with Crippen molar-refractivity contribution in [2.45, 2.75) is 26.7 Å². The van der Waals surface area contributed by atoms with Crippen molar-refractivity contribution < 1.29 is 9.21 Å². The van der Waals surface area contributed by atoms with Crippen molar-refractivity contribution in [2.24, 2.45) is 0 Å². The highest BCUT2D eigenvalue weighted by atomic mass is 16.3. The molecule has 0 aliphatic rings. The van der Waals surface area contributed by atoms with Gasteiger partial charge in [0.1, 0.15) is 5.76 Å². The zero-order valence-corrected chi connectivity index (χ0v) is 11.9. The van der Waals surface area contributed by atoms with Gasteiger partial charge in [0.15, 0.2) is 0 Å². The third kappa shape index (κ3) is 6.82. The van der Waals surface area contributed by atoms with Gasteiger partial charge in [0.25, 0.3) is 0 Å². The Labute approximate surface area is 115 Å². The number of hydrogen-bond acceptors (Lipinski definition) is 3. The molecule has 1 aromatic heterocycles. The molecule has 1 rings (SSSR count). The fourth-order valence-corrected chi connectivity index (χ4v) is 1.81. The summed E-state index contributed by atoms with van der Waals surface area (Å²) in [4.78, 5) is 13.9. The summed E-state index contributed by atoms with van der Waals surface area (Å²) in [5.74, 6) is 0.621. The molecule has 0 spiro atoms. The van der Waals surface area contributed by atoms with Crippen molar-refractivity contribution in [3.63, 3.8) is 0 Å². The summed E-state index contributed by atoms with van der Waals surface area (Å²) in [6.45, 7) is 8.35. The number of unbranched alkanes of at least 4 members (excludes halogenated alkanes) is 1. The Hall–Kier alpha value is -1.55. The van der Waals surface area contributed by atoms with Crippen molar-refractivity contribution in [1.82, 2.24) is 10.2 Å². The molecule has 1 N–H and O–H groups in total. The molecule has 1 amide bonds. The van der Waals surface area contributed by atoms with Gasteiger partial charge in [0.2, 0.25) is 5.91 Å². The number of rotatable bonds is 9. The number of nitrogens with one attached hydrogen (secondary N) is 1. The van der Waals surface area contributed by atoms with Crippen molar-refractivity contribution >= 4 is 12.0 Å². The van der Waals surface area contributed by atoms with Gasteiger partial charge in [-0.2, -0.15) is 0 Å². The first-order chi connectivity index (χ1) is 9.26. The zero-order valence-electron chi connectivity index (χ0n) is 11.9. The largest absolute Gasteiger partial charge is 0.465 e. The highest BCUT2D eigenvalue weighted by Gasteiger charge is 1.99. The van der Waals surface area contributed by atoms with Gasteiger partial charge in [-0.25, -0.2) is 0 Å². The second-order valence-corrected chi connectivity index (χ2v) is 4.37. The molecule has 0 atom stereocenters. The van der Waals surface area contributed by atoms with Gasteiger partial charge in [-0.15, -0.1) is 0 Å². The maximum atomic E-state index is 11.5. The maximum Gasteiger partial charge on any atom is 0.244 e. The van der Waals surface area contributed by atoms with E-state index >= 15 is 0 Å². The standard InChI is InChI=1S/C15H24N2O2/c1-3-17(4-2)12-6-5-11-16-15(18)10-9-14-8-7-13-19-14/h7-10,13H,3-6,11-12H2,1-2H3,(H,16,18)/b10-9+. The van der Waals surface area contributed by atoms with E-state index in [4.69, 9.17) is 4.42 Å². The average molecular weight is 264 g/mol. The Morgan fingerprint density at radius 3 is 2.79 bits per heavy atom. The van der Waals surface area contributed by atoms with Gasteiger partial charge >= 0.3 is 0 Å². The van der Waals surface area contributed by atoms with E-state index in [0.29, 0.717) is 5.76 Å². The topological polar surface area (TPSA) is 45.5 Å². The van der Waals surface area contributed by atoms with Crippen LogP contribution in [0.3, 0.4) is 0 Å². The molecule has 4 nitrogen and oxygen atoms in total. The Balaban J connectivity index is 2.07. The Kier molecular flexibility index (Phi) is 7.66. The van der Waals surface area contributed by atoms with E-state index in [-0.39, 0.29) is 5.91 Å². The van der Waals surface area contributed by atoms with Crippen molar-refractivity contribution in [3.05, 3.63) is 30.2 Å². The molecule has 0 saturated heterocycles. The van der Waals surface area contributed by atoms with Crippen molar-refractivity contribution in [3.8, 4) is 0 Å². The molecule has 1 heterocycles. The molecule has 0 radical (unpaired) electrons. The fraction of sp³-hybridized carbons (Fsp3) is 0.533. The minimum absolute atomic E-state index is 0.0701. The Morgan fingerprint density at radius 1 is 1.37 bits per heavy atom. The van der Waals surface area contributed by atoms with Crippen LogP contribution < -0.4 is 5.32 Å². The van der Waals surface area contributed by atoms with Crippen LogP contribution in [0.2, 0.25) is 0 Å². The monoisotopic (exact) mass is 264 g/mol. The van der Waals surface area contributed by atoms with Gasteiger partial charge in [-0.05, 0) is 50.7 Å². The van der Waals surface area contributed by atoms with Gasteiger partial charge in [-0.1, -0.05) is 13.8 Å². The van der Waals surface area contributed by atoms with Crippen LogP contribution in [-0.2, 0) is 4.79 Å². The lowest BCUT2D eigenvalue weighted by molar-refractivity contribution is -0.116. The van der Waals surface area contributed by atoms with Crippen molar-refractivity contribution in [2.75, 3.05) is 26.2 Å². The fourth-order valence-electron chi connectivity index (χ4n) is 1.81. The molecule has 1 aromatic rings. The van der Waals surface area contributed by atoms with Crippen molar-refractivity contribution in [1.29, 1.82) is 0 Å². The number of amides is 1. The molecule has 4 heteroatoms. The van der Waals surface area contributed by atoms with Gasteiger partial charge in [0, 0.05) is 12.6 Å². The van der Waals surface area contributed by atoms with E-state index in [9.17, 15) is 4.79 Å². The summed E-state index contributed by atoms with van der Waals surface area (Å²) in [7, 11) is 0. The molecule has 0 bridgehead atoms. The van der Waals surface area contributed by atoms with E-state index in [1.54, 1.807) is 18.4 Å². The second-order valence-electron chi connectivity index (χ2n) is 4.37. The summed E-state index contributed by atoms with van der Waals surface area (Å²) in [5.41, 5.74) is 0. The van der Waals surface area contributed by atoms with Crippen LogP contribution in [-0.4, -0.2) is 37.0 Å². The smallest absolute Gasteiger partial charge is 0.244 e. The molecular formula is C15H24N2O2. The highest BCUT2D eigenvalue weighted by molar-refractivity contribution is 5.91. The number of carbonyl (C=O) groups excluding carboxylic acids is 1. The molecule has 19 heavy (non-hydrogen) atoms.